The van der Waals surface area contributed by atoms with Crippen LogP contribution in [0.5, 0.6) is 0 Å². The molecular formula is C17H17ClO3. The number of hydrogen-bond donors (Lipinski definition) is 0. The van der Waals surface area contributed by atoms with Crippen LogP contribution in [0.25, 0.3) is 0 Å². The molecule has 0 fully saturated rings. The molecule has 0 aliphatic rings. The maximum absolute atomic E-state index is 11.4. The van der Waals surface area contributed by atoms with E-state index < -0.39 is 0 Å². The van der Waals surface area contributed by atoms with E-state index in [0.29, 0.717) is 18.2 Å². The molecule has 0 aliphatic heterocycles. The molecule has 0 saturated carbocycles. The molecule has 21 heavy (non-hydrogen) atoms. The number of carbonyl (C=O) groups is 1. The zero-order chi connectivity index (χ0) is 15.1. The van der Waals surface area contributed by atoms with Crippen LogP contribution in [-0.4, -0.2) is 13.1 Å². The third-order valence-corrected chi connectivity index (χ3v) is 3.33. The van der Waals surface area contributed by atoms with E-state index in [1.54, 1.807) is 6.07 Å². The molecule has 0 amide bonds. The molecule has 0 N–H and O–H groups in total. The largest absolute Gasteiger partial charge is 0.469 e. The molecule has 0 bridgehead atoms. The summed E-state index contributed by atoms with van der Waals surface area (Å²) in [6.45, 7) is 0.923. The van der Waals surface area contributed by atoms with Crippen molar-refractivity contribution in [3.05, 3.63) is 70.2 Å². The van der Waals surface area contributed by atoms with E-state index in [1.807, 2.05) is 42.5 Å². The number of benzene rings is 2. The first-order chi connectivity index (χ1) is 10.2. The Balaban J connectivity index is 2.01. The minimum atomic E-state index is -0.276. The normalized spacial score (nSPS) is 10.4. The van der Waals surface area contributed by atoms with Crippen molar-refractivity contribution in [3.8, 4) is 0 Å². The fraction of sp³-hybridized carbons (Fsp3) is 0.235. The fourth-order valence-corrected chi connectivity index (χ4v) is 2.18. The van der Waals surface area contributed by atoms with E-state index in [2.05, 4.69) is 0 Å². The third kappa shape index (κ3) is 4.88. The van der Waals surface area contributed by atoms with E-state index in [4.69, 9.17) is 21.1 Å². The van der Waals surface area contributed by atoms with Gasteiger partial charge in [0.1, 0.15) is 0 Å². The van der Waals surface area contributed by atoms with Crippen LogP contribution in [0.15, 0.2) is 48.5 Å². The monoisotopic (exact) mass is 304 g/mol. The van der Waals surface area contributed by atoms with Crippen molar-refractivity contribution < 1.29 is 14.3 Å². The van der Waals surface area contributed by atoms with E-state index in [-0.39, 0.29) is 12.4 Å². The molecule has 0 heterocycles. The molecule has 0 unspecified atom stereocenters. The van der Waals surface area contributed by atoms with Crippen LogP contribution in [0.1, 0.15) is 16.7 Å². The van der Waals surface area contributed by atoms with Gasteiger partial charge in [-0.3, -0.25) is 4.79 Å². The first-order valence-electron chi connectivity index (χ1n) is 6.65. The number of rotatable bonds is 6. The average molecular weight is 305 g/mol. The lowest BCUT2D eigenvalue weighted by Gasteiger charge is -2.10. The molecule has 3 nitrogen and oxygen atoms in total. The molecule has 0 aliphatic carbocycles. The lowest BCUT2D eigenvalue weighted by atomic mass is 10.1. The molecule has 0 saturated heterocycles. The fourth-order valence-electron chi connectivity index (χ4n) is 1.98. The van der Waals surface area contributed by atoms with E-state index in [0.717, 1.165) is 16.7 Å². The topological polar surface area (TPSA) is 35.5 Å². The Morgan fingerprint density at radius 2 is 1.81 bits per heavy atom. The van der Waals surface area contributed by atoms with Crippen LogP contribution >= 0.6 is 11.6 Å². The van der Waals surface area contributed by atoms with Gasteiger partial charge in [-0.2, -0.15) is 0 Å². The van der Waals surface area contributed by atoms with Crippen LogP contribution in [-0.2, 0) is 33.9 Å². The standard InChI is InChI=1S/C17H17ClO3/c1-20-17(19)10-14-7-8-16(18)9-15(14)12-21-11-13-5-3-2-4-6-13/h2-9H,10-12H2,1H3. The zero-order valence-corrected chi connectivity index (χ0v) is 12.6. The molecule has 0 radical (unpaired) electrons. The molecule has 0 aromatic heterocycles. The molecule has 0 spiro atoms. The smallest absolute Gasteiger partial charge is 0.309 e. The van der Waals surface area contributed by atoms with Crippen molar-refractivity contribution in [1.82, 2.24) is 0 Å². The molecule has 0 atom stereocenters. The zero-order valence-electron chi connectivity index (χ0n) is 11.8. The Morgan fingerprint density at radius 1 is 1.05 bits per heavy atom. The average Bonchev–Trinajstić information content (AvgIpc) is 2.50. The van der Waals surface area contributed by atoms with Crippen LogP contribution in [0.3, 0.4) is 0 Å². The predicted molar refractivity (Wildman–Crippen MR) is 82.1 cm³/mol. The number of hydrogen-bond acceptors (Lipinski definition) is 3. The Morgan fingerprint density at radius 3 is 2.52 bits per heavy atom. The van der Waals surface area contributed by atoms with Crippen molar-refractivity contribution in [1.29, 1.82) is 0 Å². The summed E-state index contributed by atoms with van der Waals surface area (Å²) in [6, 6.07) is 15.4. The van der Waals surface area contributed by atoms with Gasteiger partial charge in [0.05, 0.1) is 26.7 Å². The van der Waals surface area contributed by atoms with Gasteiger partial charge < -0.3 is 9.47 Å². The Kier molecular flexibility index (Phi) is 5.78. The first-order valence-corrected chi connectivity index (χ1v) is 7.02. The molecule has 4 heteroatoms. The SMILES string of the molecule is COC(=O)Cc1ccc(Cl)cc1COCc1ccccc1. The van der Waals surface area contributed by atoms with Crippen molar-refractivity contribution in [3.63, 3.8) is 0 Å². The lowest BCUT2D eigenvalue weighted by molar-refractivity contribution is -0.139. The summed E-state index contributed by atoms with van der Waals surface area (Å²) in [5.74, 6) is -0.276. The molecule has 110 valence electrons. The summed E-state index contributed by atoms with van der Waals surface area (Å²) in [4.78, 5) is 11.4. The number of esters is 1. The summed E-state index contributed by atoms with van der Waals surface area (Å²) in [7, 11) is 1.38. The van der Waals surface area contributed by atoms with Gasteiger partial charge in [0, 0.05) is 5.02 Å². The Labute approximate surface area is 129 Å². The number of ether oxygens (including phenoxy) is 2. The van der Waals surface area contributed by atoms with Gasteiger partial charge in [-0.25, -0.2) is 0 Å². The highest BCUT2D eigenvalue weighted by molar-refractivity contribution is 6.30. The van der Waals surface area contributed by atoms with Gasteiger partial charge in [-0.05, 0) is 28.8 Å². The maximum Gasteiger partial charge on any atom is 0.309 e. The van der Waals surface area contributed by atoms with Gasteiger partial charge in [-0.1, -0.05) is 48.0 Å². The number of carbonyl (C=O) groups excluding carboxylic acids is 1. The van der Waals surface area contributed by atoms with E-state index in [9.17, 15) is 4.79 Å². The van der Waals surface area contributed by atoms with Gasteiger partial charge in [0.2, 0.25) is 0 Å². The van der Waals surface area contributed by atoms with Crippen molar-refractivity contribution in [2.45, 2.75) is 19.6 Å². The third-order valence-electron chi connectivity index (χ3n) is 3.10. The summed E-state index contributed by atoms with van der Waals surface area (Å²) >= 11 is 6.01. The quantitative estimate of drug-likeness (QED) is 0.762. The first kappa shape index (κ1) is 15.5. The second kappa shape index (κ2) is 7.81. The van der Waals surface area contributed by atoms with Gasteiger partial charge >= 0.3 is 5.97 Å². The highest BCUT2D eigenvalue weighted by atomic mass is 35.5. The highest BCUT2D eigenvalue weighted by Crippen LogP contribution is 2.18. The number of halogens is 1. The van der Waals surface area contributed by atoms with Gasteiger partial charge in [0.25, 0.3) is 0 Å². The second-order valence-electron chi connectivity index (χ2n) is 4.64. The van der Waals surface area contributed by atoms with Crippen LogP contribution in [0.2, 0.25) is 5.02 Å². The molecule has 2 aromatic rings. The van der Waals surface area contributed by atoms with Gasteiger partial charge in [0.15, 0.2) is 0 Å². The van der Waals surface area contributed by atoms with Crippen molar-refractivity contribution >= 4 is 17.6 Å². The van der Waals surface area contributed by atoms with Crippen LogP contribution < -0.4 is 0 Å². The second-order valence-corrected chi connectivity index (χ2v) is 5.08. The van der Waals surface area contributed by atoms with Crippen molar-refractivity contribution in [2.75, 3.05) is 7.11 Å². The Hall–Kier alpha value is -1.84. The van der Waals surface area contributed by atoms with E-state index >= 15 is 0 Å². The van der Waals surface area contributed by atoms with Crippen LogP contribution in [0, 0.1) is 0 Å². The molecule has 2 aromatic carbocycles. The van der Waals surface area contributed by atoms with Gasteiger partial charge in [-0.15, -0.1) is 0 Å². The van der Waals surface area contributed by atoms with Crippen LogP contribution in [0.4, 0.5) is 0 Å². The molecular weight excluding hydrogens is 288 g/mol. The maximum atomic E-state index is 11.4. The highest BCUT2D eigenvalue weighted by Gasteiger charge is 2.09. The summed E-state index contributed by atoms with van der Waals surface area (Å²) in [5.41, 5.74) is 2.89. The summed E-state index contributed by atoms with van der Waals surface area (Å²) in [5, 5.41) is 0.627. The number of methoxy groups -OCH3 is 1. The minimum Gasteiger partial charge on any atom is -0.469 e. The summed E-state index contributed by atoms with van der Waals surface area (Å²) in [6.07, 6.45) is 0.220. The predicted octanol–water partition coefficient (Wildman–Crippen LogP) is 3.77. The van der Waals surface area contributed by atoms with E-state index in [1.165, 1.54) is 7.11 Å². The molecule has 2 rings (SSSR count). The van der Waals surface area contributed by atoms with Crippen molar-refractivity contribution in [2.24, 2.45) is 0 Å². The Bertz CT molecular complexity index is 596. The minimum absolute atomic E-state index is 0.220. The summed E-state index contributed by atoms with van der Waals surface area (Å²) < 4.78 is 10.4. The lowest BCUT2D eigenvalue weighted by Crippen LogP contribution is -2.07.